The Hall–Kier alpha value is -0.0400. The molecule has 1 nitrogen and oxygen atoms in total. The third-order valence-corrected chi connectivity index (χ3v) is 0.525. The van der Waals surface area contributed by atoms with E-state index >= 15 is 0 Å². The number of hydrogen-bond donors (Lipinski definition) is 1. The molecular formula is C5H11N. The molecule has 0 spiro atoms. The lowest BCUT2D eigenvalue weighted by molar-refractivity contribution is 0.809. The summed E-state index contributed by atoms with van der Waals surface area (Å²) in [4.78, 5) is 0. The van der Waals surface area contributed by atoms with E-state index in [1.165, 1.54) is 0 Å². The van der Waals surface area contributed by atoms with Crippen molar-refractivity contribution in [1.82, 2.24) is 5.32 Å². The van der Waals surface area contributed by atoms with Crippen LogP contribution in [0.25, 0.3) is 0 Å². The molecular weight excluding hydrogens is 74.1 g/mol. The molecule has 0 saturated carbocycles. The van der Waals surface area contributed by atoms with Gasteiger partial charge in [0.15, 0.2) is 0 Å². The number of hydrogen-bond acceptors (Lipinski definition) is 1. The molecule has 0 aliphatic carbocycles. The van der Waals surface area contributed by atoms with Crippen LogP contribution in [-0.2, 0) is 0 Å². The summed E-state index contributed by atoms with van der Waals surface area (Å²) in [5.41, 5.74) is 0. The molecule has 0 aromatic rings. The van der Waals surface area contributed by atoms with Crippen LogP contribution in [0.3, 0.4) is 0 Å². The Morgan fingerprint density at radius 2 is 2.50 bits per heavy atom. The molecule has 0 aliphatic heterocycles. The molecule has 0 aliphatic rings. The van der Waals surface area contributed by atoms with Gasteiger partial charge < -0.3 is 5.32 Å². The Bertz CT molecular complexity index is 15.9. The minimum Gasteiger partial charge on any atom is -0.316 e. The van der Waals surface area contributed by atoms with Crippen molar-refractivity contribution in [3.05, 3.63) is 13.3 Å². The Labute approximate surface area is 39.7 Å². The molecule has 0 amide bonds. The highest BCUT2D eigenvalue weighted by Gasteiger charge is 1.72. The van der Waals surface area contributed by atoms with Crippen molar-refractivity contribution in [3.8, 4) is 0 Å². The molecule has 6 heavy (non-hydrogen) atoms. The molecule has 2 radical (unpaired) electrons. The van der Waals surface area contributed by atoms with Gasteiger partial charge in [-0.25, -0.2) is 0 Å². The molecule has 0 aromatic carbocycles. The second kappa shape index (κ2) is 4.96. The number of nitrogens with one attached hydrogen (secondary N) is 1. The fourth-order valence-corrected chi connectivity index (χ4v) is 0.246. The highest BCUT2D eigenvalue weighted by molar-refractivity contribution is 4.59. The van der Waals surface area contributed by atoms with Gasteiger partial charge >= 0.3 is 0 Å². The molecule has 1 heteroatoms. The quantitative estimate of drug-likeness (QED) is 0.496. The van der Waals surface area contributed by atoms with Crippen LogP contribution in [-0.4, -0.2) is 13.1 Å². The predicted molar refractivity (Wildman–Crippen MR) is 28.2 cm³/mol. The highest BCUT2D eigenvalue weighted by Crippen LogP contribution is 1.63. The monoisotopic (exact) mass is 85.1 g/mol. The van der Waals surface area contributed by atoms with Crippen molar-refractivity contribution < 1.29 is 0 Å². The van der Waals surface area contributed by atoms with Gasteiger partial charge in [0.25, 0.3) is 0 Å². The van der Waals surface area contributed by atoms with Crippen molar-refractivity contribution >= 4 is 0 Å². The van der Waals surface area contributed by atoms with Gasteiger partial charge in [0.05, 0.1) is 0 Å². The van der Waals surface area contributed by atoms with Crippen molar-refractivity contribution in [2.45, 2.75) is 6.92 Å². The normalized spacial score (nSPS) is 9.00. The summed E-state index contributed by atoms with van der Waals surface area (Å²) in [7, 11) is 0. The van der Waals surface area contributed by atoms with E-state index in [1.807, 2.05) is 6.92 Å². The molecule has 36 valence electrons. The Morgan fingerprint density at radius 1 is 1.83 bits per heavy atom. The summed E-state index contributed by atoms with van der Waals surface area (Å²) < 4.78 is 0. The standard InChI is InChI=1S/C5H11N/c1-3-5-6-4-2/h3,6H,2,4-5H2,1H3. The van der Waals surface area contributed by atoms with Gasteiger partial charge in [0.2, 0.25) is 0 Å². The molecule has 1 N–H and O–H groups in total. The lowest BCUT2D eigenvalue weighted by Gasteiger charge is -1.91. The zero-order valence-electron chi connectivity index (χ0n) is 4.20. The topological polar surface area (TPSA) is 12.0 Å². The van der Waals surface area contributed by atoms with Crippen LogP contribution in [0.1, 0.15) is 6.92 Å². The Morgan fingerprint density at radius 3 is 2.67 bits per heavy atom. The molecule has 0 heterocycles. The minimum absolute atomic E-state index is 0.824. The van der Waals surface area contributed by atoms with E-state index in [-0.39, 0.29) is 0 Å². The predicted octanol–water partition coefficient (Wildman–Crippen LogP) is 0.634. The van der Waals surface area contributed by atoms with Crippen molar-refractivity contribution in [2.24, 2.45) is 0 Å². The largest absolute Gasteiger partial charge is 0.316 e. The lowest BCUT2D eigenvalue weighted by Crippen LogP contribution is -2.13. The molecule has 0 saturated heterocycles. The second-order valence-electron chi connectivity index (χ2n) is 1.11. The lowest BCUT2D eigenvalue weighted by atomic mass is 10.5. The molecule has 0 bridgehead atoms. The van der Waals surface area contributed by atoms with E-state index in [0.717, 1.165) is 13.1 Å². The van der Waals surface area contributed by atoms with Gasteiger partial charge in [-0.3, -0.25) is 0 Å². The highest BCUT2D eigenvalue weighted by atomic mass is 14.8. The SMILES string of the molecule is [CH2]CNC[CH]C. The molecule has 0 atom stereocenters. The summed E-state index contributed by atoms with van der Waals surface area (Å²) in [5, 5.41) is 3.03. The van der Waals surface area contributed by atoms with Crippen LogP contribution in [0.4, 0.5) is 0 Å². The van der Waals surface area contributed by atoms with Gasteiger partial charge in [-0.05, 0) is 26.4 Å². The maximum atomic E-state index is 3.59. The summed E-state index contributed by atoms with van der Waals surface area (Å²) in [6.45, 7) is 7.41. The summed E-state index contributed by atoms with van der Waals surface area (Å²) in [6.07, 6.45) is 2.06. The first-order valence-corrected chi connectivity index (χ1v) is 2.19. The van der Waals surface area contributed by atoms with E-state index in [0.29, 0.717) is 0 Å². The van der Waals surface area contributed by atoms with Crippen LogP contribution >= 0.6 is 0 Å². The van der Waals surface area contributed by atoms with E-state index in [2.05, 4.69) is 18.7 Å². The van der Waals surface area contributed by atoms with Crippen LogP contribution in [0.15, 0.2) is 0 Å². The smallest absolute Gasteiger partial charge is 0.00201 e. The van der Waals surface area contributed by atoms with Crippen molar-refractivity contribution in [1.29, 1.82) is 0 Å². The first-order chi connectivity index (χ1) is 2.91. The summed E-state index contributed by atoms with van der Waals surface area (Å²) in [6, 6.07) is 0. The van der Waals surface area contributed by atoms with Crippen LogP contribution in [0, 0.1) is 13.3 Å². The third kappa shape index (κ3) is 3.96. The molecule has 0 fully saturated rings. The van der Waals surface area contributed by atoms with Crippen LogP contribution < -0.4 is 5.32 Å². The van der Waals surface area contributed by atoms with E-state index < -0.39 is 0 Å². The first kappa shape index (κ1) is 5.96. The third-order valence-electron chi connectivity index (χ3n) is 0.525. The van der Waals surface area contributed by atoms with E-state index in [9.17, 15) is 0 Å². The number of rotatable bonds is 3. The van der Waals surface area contributed by atoms with Crippen molar-refractivity contribution in [3.63, 3.8) is 0 Å². The van der Waals surface area contributed by atoms with Gasteiger partial charge in [-0.1, -0.05) is 6.92 Å². The minimum atomic E-state index is 0.824. The van der Waals surface area contributed by atoms with Gasteiger partial charge in [0.1, 0.15) is 0 Å². The maximum Gasteiger partial charge on any atom is -0.00201 e. The second-order valence-corrected chi connectivity index (χ2v) is 1.11. The average Bonchev–Trinajstić information content (AvgIpc) is 1.61. The fourth-order valence-electron chi connectivity index (χ4n) is 0.246. The fraction of sp³-hybridized carbons (Fsp3) is 0.600. The Kier molecular flexibility index (Phi) is 4.93. The van der Waals surface area contributed by atoms with Gasteiger partial charge in [0, 0.05) is 0 Å². The average molecular weight is 85.1 g/mol. The van der Waals surface area contributed by atoms with Crippen LogP contribution in [0.2, 0.25) is 0 Å². The summed E-state index contributed by atoms with van der Waals surface area (Å²) >= 11 is 0. The molecule has 0 rings (SSSR count). The zero-order chi connectivity index (χ0) is 4.83. The maximum absolute atomic E-state index is 3.59. The van der Waals surface area contributed by atoms with E-state index in [4.69, 9.17) is 0 Å². The van der Waals surface area contributed by atoms with Gasteiger partial charge in [-0.15, -0.1) is 0 Å². The zero-order valence-corrected chi connectivity index (χ0v) is 4.20. The Balaban J connectivity index is 2.34. The molecule has 0 unspecified atom stereocenters. The van der Waals surface area contributed by atoms with Crippen molar-refractivity contribution in [2.75, 3.05) is 13.1 Å². The summed E-state index contributed by atoms with van der Waals surface area (Å²) in [5.74, 6) is 0. The first-order valence-electron chi connectivity index (χ1n) is 2.19. The van der Waals surface area contributed by atoms with Crippen LogP contribution in [0.5, 0.6) is 0 Å². The van der Waals surface area contributed by atoms with Gasteiger partial charge in [-0.2, -0.15) is 0 Å². The molecule has 0 aromatic heterocycles. The van der Waals surface area contributed by atoms with E-state index in [1.54, 1.807) is 0 Å².